The molecule has 2 heterocycles. The summed E-state index contributed by atoms with van der Waals surface area (Å²) in [5, 5.41) is 3.46. The standard InChI is InChI=1S/C14H20N4/c1-11-7-12(9-17-14(2,3)4)8-16-13(11)18-6-5-15-10-18/h5-8,10,17H,9H2,1-4H3. The third-order valence-corrected chi connectivity index (χ3v) is 2.68. The highest BCUT2D eigenvalue weighted by Gasteiger charge is 2.09. The van der Waals surface area contributed by atoms with Gasteiger partial charge >= 0.3 is 0 Å². The van der Waals surface area contributed by atoms with Gasteiger partial charge in [-0.25, -0.2) is 9.97 Å². The molecule has 2 aromatic heterocycles. The van der Waals surface area contributed by atoms with Gasteiger partial charge in [0.15, 0.2) is 0 Å². The first-order chi connectivity index (χ1) is 8.46. The van der Waals surface area contributed by atoms with Crippen molar-refractivity contribution < 1.29 is 0 Å². The SMILES string of the molecule is Cc1cc(CNC(C)(C)C)cnc1-n1ccnc1. The summed E-state index contributed by atoms with van der Waals surface area (Å²) in [6.07, 6.45) is 7.35. The molecule has 0 aromatic carbocycles. The minimum atomic E-state index is 0.122. The second-order valence-corrected chi connectivity index (χ2v) is 5.56. The Labute approximate surface area is 108 Å². The van der Waals surface area contributed by atoms with Crippen molar-refractivity contribution in [2.24, 2.45) is 0 Å². The van der Waals surface area contributed by atoms with Crippen LogP contribution in [0.3, 0.4) is 0 Å². The molecule has 18 heavy (non-hydrogen) atoms. The molecule has 96 valence electrons. The molecule has 0 radical (unpaired) electrons. The summed E-state index contributed by atoms with van der Waals surface area (Å²) in [6, 6.07) is 2.17. The van der Waals surface area contributed by atoms with E-state index in [1.54, 1.807) is 12.5 Å². The van der Waals surface area contributed by atoms with Gasteiger partial charge in [-0.05, 0) is 44.9 Å². The van der Waals surface area contributed by atoms with Crippen molar-refractivity contribution in [1.82, 2.24) is 19.9 Å². The largest absolute Gasteiger partial charge is 0.308 e. The van der Waals surface area contributed by atoms with Crippen LogP contribution in [0.4, 0.5) is 0 Å². The van der Waals surface area contributed by atoms with Gasteiger partial charge in [-0.1, -0.05) is 0 Å². The highest BCUT2D eigenvalue weighted by atomic mass is 15.1. The van der Waals surface area contributed by atoms with E-state index in [0.717, 1.165) is 17.9 Å². The van der Waals surface area contributed by atoms with Crippen LogP contribution in [0.15, 0.2) is 31.0 Å². The Morgan fingerprint density at radius 3 is 2.67 bits per heavy atom. The molecule has 2 aromatic rings. The number of pyridine rings is 1. The lowest BCUT2D eigenvalue weighted by Crippen LogP contribution is -2.35. The van der Waals surface area contributed by atoms with Gasteiger partial charge in [0.05, 0.1) is 0 Å². The highest BCUT2D eigenvalue weighted by Crippen LogP contribution is 2.13. The monoisotopic (exact) mass is 244 g/mol. The summed E-state index contributed by atoms with van der Waals surface area (Å²) < 4.78 is 1.93. The molecule has 0 atom stereocenters. The molecular weight excluding hydrogens is 224 g/mol. The molecule has 0 aliphatic carbocycles. The molecule has 0 saturated carbocycles. The van der Waals surface area contributed by atoms with Gasteiger partial charge in [0.1, 0.15) is 12.1 Å². The smallest absolute Gasteiger partial charge is 0.140 e. The molecule has 0 unspecified atom stereocenters. The van der Waals surface area contributed by atoms with Gasteiger partial charge in [0.25, 0.3) is 0 Å². The van der Waals surface area contributed by atoms with Gasteiger partial charge < -0.3 is 5.32 Å². The van der Waals surface area contributed by atoms with E-state index in [0.29, 0.717) is 0 Å². The van der Waals surface area contributed by atoms with Crippen LogP contribution >= 0.6 is 0 Å². The predicted octanol–water partition coefficient (Wildman–Crippen LogP) is 2.46. The van der Waals surface area contributed by atoms with Gasteiger partial charge in [-0.15, -0.1) is 0 Å². The van der Waals surface area contributed by atoms with Gasteiger partial charge in [0, 0.05) is 30.7 Å². The third kappa shape index (κ3) is 3.17. The minimum absolute atomic E-state index is 0.122. The average Bonchev–Trinajstić information content (AvgIpc) is 2.79. The molecule has 0 aliphatic rings. The van der Waals surface area contributed by atoms with E-state index in [4.69, 9.17) is 0 Å². The van der Waals surface area contributed by atoms with Crippen molar-refractivity contribution in [3.63, 3.8) is 0 Å². The summed E-state index contributed by atoms with van der Waals surface area (Å²) in [7, 11) is 0. The van der Waals surface area contributed by atoms with Crippen molar-refractivity contribution >= 4 is 0 Å². The zero-order valence-electron chi connectivity index (χ0n) is 11.4. The maximum absolute atomic E-state index is 4.50. The van der Waals surface area contributed by atoms with E-state index in [1.807, 2.05) is 17.0 Å². The zero-order valence-corrected chi connectivity index (χ0v) is 11.4. The number of hydrogen-bond acceptors (Lipinski definition) is 3. The molecule has 0 amide bonds. The van der Waals surface area contributed by atoms with Gasteiger partial charge in [-0.2, -0.15) is 0 Å². The molecular formula is C14H20N4. The molecule has 4 nitrogen and oxygen atoms in total. The van der Waals surface area contributed by atoms with Crippen molar-refractivity contribution in [1.29, 1.82) is 0 Å². The van der Waals surface area contributed by atoms with Crippen LogP contribution in [0.2, 0.25) is 0 Å². The Balaban J connectivity index is 2.15. The predicted molar refractivity (Wildman–Crippen MR) is 72.7 cm³/mol. The zero-order chi connectivity index (χ0) is 13.2. The van der Waals surface area contributed by atoms with Crippen molar-refractivity contribution in [2.75, 3.05) is 0 Å². The first kappa shape index (κ1) is 12.8. The van der Waals surface area contributed by atoms with Crippen LogP contribution in [0.5, 0.6) is 0 Å². The molecule has 1 N–H and O–H groups in total. The quantitative estimate of drug-likeness (QED) is 0.902. The molecule has 0 spiro atoms. The molecule has 0 aliphatic heterocycles. The van der Waals surface area contributed by atoms with Crippen molar-refractivity contribution in [3.05, 3.63) is 42.1 Å². The van der Waals surface area contributed by atoms with Gasteiger partial charge in [0.2, 0.25) is 0 Å². The topological polar surface area (TPSA) is 42.7 Å². The van der Waals surface area contributed by atoms with Crippen LogP contribution in [-0.2, 0) is 6.54 Å². The van der Waals surface area contributed by atoms with E-state index < -0.39 is 0 Å². The number of nitrogens with one attached hydrogen (secondary N) is 1. The van der Waals surface area contributed by atoms with Crippen LogP contribution in [0.1, 0.15) is 31.9 Å². The average molecular weight is 244 g/mol. The Hall–Kier alpha value is -1.68. The fourth-order valence-electron chi connectivity index (χ4n) is 1.74. The van der Waals surface area contributed by atoms with E-state index >= 15 is 0 Å². The van der Waals surface area contributed by atoms with E-state index in [-0.39, 0.29) is 5.54 Å². The number of aryl methyl sites for hydroxylation is 1. The Morgan fingerprint density at radius 1 is 1.33 bits per heavy atom. The summed E-state index contributed by atoms with van der Waals surface area (Å²) in [6.45, 7) is 9.39. The third-order valence-electron chi connectivity index (χ3n) is 2.68. The van der Waals surface area contributed by atoms with Crippen molar-refractivity contribution in [3.8, 4) is 5.82 Å². The fourth-order valence-corrected chi connectivity index (χ4v) is 1.74. The number of imidazole rings is 1. The Morgan fingerprint density at radius 2 is 2.11 bits per heavy atom. The van der Waals surface area contributed by atoms with Crippen molar-refractivity contribution in [2.45, 2.75) is 39.8 Å². The second kappa shape index (κ2) is 4.90. The van der Waals surface area contributed by atoms with Crippen LogP contribution in [0, 0.1) is 6.92 Å². The summed E-state index contributed by atoms with van der Waals surface area (Å²) in [5.41, 5.74) is 2.48. The normalized spacial score (nSPS) is 11.8. The molecule has 2 rings (SSSR count). The first-order valence-corrected chi connectivity index (χ1v) is 6.14. The van der Waals surface area contributed by atoms with Crippen LogP contribution in [0.25, 0.3) is 5.82 Å². The maximum Gasteiger partial charge on any atom is 0.140 e. The first-order valence-electron chi connectivity index (χ1n) is 6.14. The Kier molecular flexibility index (Phi) is 3.48. The van der Waals surface area contributed by atoms with E-state index in [1.165, 1.54) is 5.56 Å². The summed E-state index contributed by atoms with van der Waals surface area (Å²) >= 11 is 0. The fraction of sp³-hybridized carbons (Fsp3) is 0.429. The molecule has 0 fully saturated rings. The second-order valence-electron chi connectivity index (χ2n) is 5.56. The number of hydrogen-bond donors (Lipinski definition) is 1. The summed E-state index contributed by atoms with van der Waals surface area (Å²) in [4.78, 5) is 8.55. The lowest BCUT2D eigenvalue weighted by Gasteiger charge is -2.20. The van der Waals surface area contributed by atoms with Gasteiger partial charge in [-0.3, -0.25) is 4.57 Å². The van der Waals surface area contributed by atoms with Crippen LogP contribution in [-0.4, -0.2) is 20.1 Å². The van der Waals surface area contributed by atoms with Crippen LogP contribution < -0.4 is 5.32 Å². The molecule has 0 saturated heterocycles. The number of rotatable bonds is 3. The maximum atomic E-state index is 4.50. The lowest BCUT2D eigenvalue weighted by atomic mass is 10.1. The summed E-state index contributed by atoms with van der Waals surface area (Å²) in [5.74, 6) is 0.937. The highest BCUT2D eigenvalue weighted by molar-refractivity contribution is 5.35. The lowest BCUT2D eigenvalue weighted by molar-refractivity contribution is 0.424. The molecule has 4 heteroatoms. The Bertz CT molecular complexity index is 509. The molecule has 0 bridgehead atoms. The van der Waals surface area contributed by atoms with E-state index in [2.05, 4.69) is 49.0 Å². The number of nitrogens with zero attached hydrogens (tertiary/aromatic N) is 3. The van der Waals surface area contributed by atoms with E-state index in [9.17, 15) is 0 Å². The number of aromatic nitrogens is 3. The minimum Gasteiger partial charge on any atom is -0.308 e.